The summed E-state index contributed by atoms with van der Waals surface area (Å²) in [6.07, 6.45) is 5.51. The quantitative estimate of drug-likeness (QED) is 0.147. The molecule has 2 fully saturated rings. The third kappa shape index (κ3) is 5.94. The Kier molecular flexibility index (Phi) is 7.92. The molecule has 4 heterocycles. The van der Waals surface area contributed by atoms with Crippen LogP contribution in [0, 0.1) is 19.3 Å². The summed E-state index contributed by atoms with van der Waals surface area (Å²) >= 11 is 9.52. The van der Waals surface area contributed by atoms with Crippen LogP contribution in [0.5, 0.6) is 0 Å². The first-order valence-corrected chi connectivity index (χ1v) is 16.5. The SMILES string of the molecule is CC(=O)c1nn(CC(=O)N2C3C[C@]3(Cc3ccc(Cl)cc3)C[C@H]2C(=O)Nc2nc(Br)ccc2C)c2ccc(-c3cnc(C)nc3)cc12. The number of ketones is 1. The summed E-state index contributed by atoms with van der Waals surface area (Å²) in [4.78, 5) is 55.6. The zero-order chi connectivity index (χ0) is 33.0. The predicted molar refractivity (Wildman–Crippen MR) is 182 cm³/mol. The second kappa shape index (κ2) is 12.0. The number of carbonyl (C=O) groups excluding carboxylic acids is 3. The van der Waals surface area contributed by atoms with Crippen molar-refractivity contribution in [1.29, 1.82) is 0 Å². The third-order valence-electron chi connectivity index (χ3n) is 9.27. The van der Waals surface area contributed by atoms with Crippen LogP contribution in [0.25, 0.3) is 22.0 Å². The molecule has 1 N–H and O–H groups in total. The van der Waals surface area contributed by atoms with Gasteiger partial charge in [-0.1, -0.05) is 35.9 Å². The van der Waals surface area contributed by atoms with Gasteiger partial charge in [0.15, 0.2) is 5.78 Å². The second-order valence-corrected chi connectivity index (χ2v) is 13.8. The number of rotatable bonds is 8. The van der Waals surface area contributed by atoms with Crippen LogP contribution >= 0.6 is 27.5 Å². The highest BCUT2D eigenvalue weighted by molar-refractivity contribution is 9.10. The van der Waals surface area contributed by atoms with Crippen molar-refractivity contribution in [3.05, 3.63) is 99.3 Å². The van der Waals surface area contributed by atoms with Crippen LogP contribution in [-0.2, 0) is 22.6 Å². The molecular weight excluding hydrogens is 682 g/mol. The lowest BCUT2D eigenvalue weighted by atomic mass is 9.91. The number of anilines is 1. The number of piperidine rings is 1. The van der Waals surface area contributed by atoms with E-state index in [-0.39, 0.29) is 41.3 Å². The van der Waals surface area contributed by atoms with Crippen molar-refractivity contribution in [3.8, 4) is 11.1 Å². The van der Waals surface area contributed by atoms with Gasteiger partial charge in [0.2, 0.25) is 11.8 Å². The number of halogens is 2. The number of hydrogen-bond acceptors (Lipinski definition) is 7. The van der Waals surface area contributed by atoms with E-state index < -0.39 is 6.04 Å². The average molecular weight is 713 g/mol. The molecule has 1 saturated heterocycles. The van der Waals surface area contributed by atoms with E-state index in [9.17, 15) is 14.4 Å². The van der Waals surface area contributed by atoms with Crippen molar-refractivity contribution in [3.63, 3.8) is 0 Å². The van der Waals surface area contributed by atoms with Crippen molar-refractivity contribution < 1.29 is 14.4 Å². The van der Waals surface area contributed by atoms with E-state index in [2.05, 4.69) is 41.3 Å². The summed E-state index contributed by atoms with van der Waals surface area (Å²) in [5.74, 6) is 0.380. The number of pyridine rings is 1. The number of amides is 2. The van der Waals surface area contributed by atoms with Gasteiger partial charge in [0, 0.05) is 41.3 Å². The van der Waals surface area contributed by atoms with Gasteiger partial charge in [-0.3, -0.25) is 19.1 Å². The molecule has 0 bridgehead atoms. The van der Waals surface area contributed by atoms with Gasteiger partial charge in [0.05, 0.1) is 5.52 Å². The minimum absolute atomic E-state index is 0.111. The Bertz CT molecular complexity index is 2060. The molecule has 3 atom stereocenters. The van der Waals surface area contributed by atoms with Gasteiger partial charge >= 0.3 is 0 Å². The molecule has 0 radical (unpaired) electrons. The second-order valence-electron chi connectivity index (χ2n) is 12.5. The topological polar surface area (TPSA) is 123 Å². The maximum atomic E-state index is 14.3. The van der Waals surface area contributed by atoms with Crippen LogP contribution in [0.15, 0.2) is 71.6 Å². The Balaban J connectivity index is 1.20. The number of likely N-dealkylation sites (tertiary alicyclic amines) is 1. The van der Waals surface area contributed by atoms with Crippen LogP contribution in [-0.4, -0.2) is 59.3 Å². The molecule has 2 aromatic carbocycles. The van der Waals surface area contributed by atoms with Crippen molar-refractivity contribution in [2.75, 3.05) is 5.32 Å². The summed E-state index contributed by atoms with van der Waals surface area (Å²) in [5, 5.41) is 8.87. The number of carbonyl (C=O) groups is 3. The molecule has 1 unspecified atom stereocenters. The van der Waals surface area contributed by atoms with Crippen LogP contribution in [0.4, 0.5) is 5.82 Å². The maximum absolute atomic E-state index is 14.3. The van der Waals surface area contributed by atoms with E-state index >= 15 is 0 Å². The zero-order valence-corrected chi connectivity index (χ0v) is 28.3. The number of nitrogens with zero attached hydrogens (tertiary/aromatic N) is 6. The Morgan fingerprint density at radius 1 is 1.00 bits per heavy atom. The number of fused-ring (bicyclic) bond motifs is 2. The van der Waals surface area contributed by atoms with E-state index in [1.165, 1.54) is 6.92 Å². The highest BCUT2D eigenvalue weighted by Gasteiger charge is 2.66. The first kappa shape index (κ1) is 31.1. The molecule has 238 valence electrons. The largest absolute Gasteiger partial charge is 0.325 e. The first-order chi connectivity index (χ1) is 22.5. The summed E-state index contributed by atoms with van der Waals surface area (Å²) in [6, 6.07) is 16.2. The summed E-state index contributed by atoms with van der Waals surface area (Å²) in [5.41, 5.74) is 4.26. The molecule has 2 amide bonds. The molecule has 2 aliphatic rings. The average Bonchev–Trinajstić information content (AvgIpc) is 3.45. The molecule has 1 aliphatic heterocycles. The molecule has 1 saturated carbocycles. The third-order valence-corrected chi connectivity index (χ3v) is 9.96. The van der Waals surface area contributed by atoms with Gasteiger partial charge in [-0.05, 0) is 101 Å². The van der Waals surface area contributed by atoms with E-state index in [1.54, 1.807) is 22.0 Å². The van der Waals surface area contributed by atoms with Crippen molar-refractivity contribution in [2.45, 2.75) is 58.7 Å². The highest BCUT2D eigenvalue weighted by atomic mass is 79.9. The highest BCUT2D eigenvalue weighted by Crippen LogP contribution is 2.61. The van der Waals surface area contributed by atoms with Crippen molar-refractivity contribution in [1.82, 2.24) is 29.6 Å². The first-order valence-electron chi connectivity index (χ1n) is 15.3. The van der Waals surface area contributed by atoms with Gasteiger partial charge in [0.1, 0.15) is 34.5 Å². The molecule has 5 aromatic rings. The van der Waals surface area contributed by atoms with Gasteiger partial charge in [-0.15, -0.1) is 0 Å². The van der Waals surface area contributed by atoms with E-state index in [0.717, 1.165) is 35.1 Å². The molecule has 3 aromatic heterocycles. The van der Waals surface area contributed by atoms with Gasteiger partial charge in [-0.25, -0.2) is 15.0 Å². The van der Waals surface area contributed by atoms with Crippen LogP contribution in [0.1, 0.15) is 47.2 Å². The van der Waals surface area contributed by atoms with E-state index in [0.29, 0.717) is 38.6 Å². The molecule has 7 rings (SSSR count). The Hall–Kier alpha value is -4.48. The Morgan fingerprint density at radius 3 is 2.47 bits per heavy atom. The molecule has 10 nitrogen and oxygen atoms in total. The fourth-order valence-corrected chi connectivity index (χ4v) is 7.23. The zero-order valence-electron chi connectivity index (χ0n) is 26.0. The number of aryl methyl sites for hydroxylation is 2. The molecule has 47 heavy (non-hydrogen) atoms. The van der Waals surface area contributed by atoms with E-state index in [4.69, 9.17) is 11.6 Å². The van der Waals surface area contributed by atoms with Crippen LogP contribution < -0.4 is 5.32 Å². The molecule has 0 spiro atoms. The number of hydrogen-bond donors (Lipinski definition) is 1. The summed E-state index contributed by atoms with van der Waals surface area (Å²) < 4.78 is 2.17. The van der Waals surface area contributed by atoms with Crippen molar-refractivity contribution >= 4 is 61.8 Å². The maximum Gasteiger partial charge on any atom is 0.248 e. The van der Waals surface area contributed by atoms with Gasteiger partial charge in [-0.2, -0.15) is 5.10 Å². The van der Waals surface area contributed by atoms with Gasteiger partial charge < -0.3 is 10.2 Å². The minimum atomic E-state index is -0.698. The monoisotopic (exact) mass is 711 g/mol. The predicted octanol–water partition coefficient (Wildman–Crippen LogP) is 6.36. The lowest BCUT2D eigenvalue weighted by Gasteiger charge is -2.27. The number of nitrogens with one attached hydrogen (secondary N) is 1. The Labute approximate surface area is 284 Å². The smallest absolute Gasteiger partial charge is 0.248 e. The standard InChI is InChI=1S/C35H31BrClN7O3/c1-19-4-11-30(36)40-33(19)41-34(47)28-14-35(13-22-5-8-25(37)9-6-22)15-29(35)44(28)31(46)18-43-27-10-7-23(24-16-38-21(3)39-17-24)12-26(27)32(42-43)20(2)45/h4-12,16-17,28-29H,13-15,18H2,1-3H3,(H,40,41,47)/t28-,29?,35-/m0/s1. The number of Topliss-reactive ketones (excluding diaryl/α,β-unsaturated/α-hetero) is 1. The van der Waals surface area contributed by atoms with E-state index in [1.807, 2.05) is 68.4 Å². The Morgan fingerprint density at radius 2 is 1.74 bits per heavy atom. The number of benzene rings is 2. The number of aromatic nitrogens is 5. The minimum Gasteiger partial charge on any atom is -0.325 e. The fourth-order valence-electron chi connectivity index (χ4n) is 6.80. The lowest BCUT2D eigenvalue weighted by Crippen LogP contribution is -2.47. The normalized spacial score (nSPS) is 19.9. The van der Waals surface area contributed by atoms with Gasteiger partial charge in [0.25, 0.3) is 0 Å². The summed E-state index contributed by atoms with van der Waals surface area (Å²) in [7, 11) is 0. The van der Waals surface area contributed by atoms with Crippen LogP contribution in [0.2, 0.25) is 5.02 Å². The molecular formula is C35H31BrClN7O3. The fraction of sp³-hybridized carbons (Fsp3) is 0.286. The lowest BCUT2D eigenvalue weighted by molar-refractivity contribution is -0.138. The van der Waals surface area contributed by atoms with Crippen LogP contribution in [0.3, 0.4) is 0 Å². The summed E-state index contributed by atoms with van der Waals surface area (Å²) in [6.45, 7) is 5.03. The molecule has 1 aliphatic carbocycles. The van der Waals surface area contributed by atoms with Crippen molar-refractivity contribution in [2.24, 2.45) is 5.41 Å². The molecule has 12 heteroatoms.